The Labute approximate surface area is 87.2 Å². The molecule has 0 bridgehead atoms. The number of aliphatic hydroxyl groups excluding tert-OH is 1. The normalized spacial score (nSPS) is 12.5. The molecule has 0 aliphatic carbocycles. The predicted molar refractivity (Wildman–Crippen MR) is 59.7 cm³/mol. The zero-order chi connectivity index (χ0) is 9.84. The third-order valence-corrected chi connectivity index (χ3v) is 2.79. The lowest BCUT2D eigenvalue weighted by molar-refractivity contribution is 0.273. The van der Waals surface area contributed by atoms with E-state index in [0.717, 1.165) is 15.6 Å². The molecule has 0 radical (unpaired) electrons. The summed E-state index contributed by atoms with van der Waals surface area (Å²) < 4.78 is 1.03. The lowest BCUT2D eigenvalue weighted by atomic mass is 9.96. The molecule has 1 unspecified atom stereocenters. The summed E-state index contributed by atoms with van der Waals surface area (Å²) in [7, 11) is 0. The van der Waals surface area contributed by atoms with Crippen LogP contribution in [0.3, 0.4) is 0 Å². The maximum atomic E-state index is 9.05. The molecular formula is C11H13BrO. The second-order valence-electron chi connectivity index (χ2n) is 3.03. The summed E-state index contributed by atoms with van der Waals surface area (Å²) in [5, 5.41) is 9.05. The summed E-state index contributed by atoms with van der Waals surface area (Å²) in [6.45, 7) is 5.92. The van der Waals surface area contributed by atoms with Gasteiger partial charge in [-0.1, -0.05) is 47.6 Å². The molecule has 0 aliphatic rings. The van der Waals surface area contributed by atoms with E-state index >= 15 is 0 Å². The lowest BCUT2D eigenvalue weighted by Crippen LogP contribution is -2.01. The fraction of sp³-hybridized carbons (Fsp3) is 0.273. The van der Waals surface area contributed by atoms with Gasteiger partial charge in [-0.15, -0.1) is 0 Å². The molecule has 0 heterocycles. The summed E-state index contributed by atoms with van der Waals surface area (Å²) in [5.74, 6) is 0.158. The summed E-state index contributed by atoms with van der Waals surface area (Å²) in [6.07, 6.45) is 1.81. The van der Waals surface area contributed by atoms with Crippen molar-refractivity contribution in [3.63, 3.8) is 0 Å². The molecule has 2 heteroatoms. The Kier molecular flexibility index (Phi) is 3.70. The van der Waals surface area contributed by atoms with Crippen molar-refractivity contribution < 1.29 is 5.11 Å². The maximum absolute atomic E-state index is 9.05. The van der Waals surface area contributed by atoms with Gasteiger partial charge in [-0.25, -0.2) is 0 Å². The fourth-order valence-corrected chi connectivity index (χ4v) is 1.84. The van der Waals surface area contributed by atoms with Gasteiger partial charge in [0.25, 0.3) is 0 Å². The Morgan fingerprint density at radius 3 is 2.85 bits per heavy atom. The van der Waals surface area contributed by atoms with Crippen LogP contribution in [0.2, 0.25) is 0 Å². The van der Waals surface area contributed by atoms with Crippen LogP contribution in [0, 0.1) is 0 Å². The van der Waals surface area contributed by atoms with Gasteiger partial charge >= 0.3 is 0 Å². The summed E-state index contributed by atoms with van der Waals surface area (Å²) in [6, 6.07) is 5.96. The molecule has 0 amide bonds. The molecule has 13 heavy (non-hydrogen) atoms. The average Bonchev–Trinajstić information content (AvgIpc) is 2.16. The molecule has 1 rings (SSSR count). The standard InChI is InChI=1S/C11H13BrO/c1-3-9-10(8(2)7-13)5-4-6-11(9)12/h3-6,8,13H,1,7H2,2H3. The zero-order valence-electron chi connectivity index (χ0n) is 7.63. The van der Waals surface area contributed by atoms with Crippen molar-refractivity contribution in [3.05, 3.63) is 40.4 Å². The Hall–Kier alpha value is -0.600. The molecule has 70 valence electrons. The van der Waals surface area contributed by atoms with E-state index in [1.54, 1.807) is 0 Å². The van der Waals surface area contributed by atoms with E-state index in [4.69, 9.17) is 5.11 Å². The van der Waals surface area contributed by atoms with Crippen LogP contribution < -0.4 is 0 Å². The third kappa shape index (κ3) is 2.20. The van der Waals surface area contributed by atoms with Gasteiger partial charge in [0.05, 0.1) is 0 Å². The van der Waals surface area contributed by atoms with Crippen LogP contribution in [0.1, 0.15) is 24.0 Å². The van der Waals surface area contributed by atoms with Gasteiger partial charge < -0.3 is 5.11 Å². The number of hydrogen-bond donors (Lipinski definition) is 1. The van der Waals surface area contributed by atoms with Crippen LogP contribution in [-0.4, -0.2) is 11.7 Å². The minimum atomic E-state index is 0.158. The Balaban J connectivity index is 3.19. The van der Waals surface area contributed by atoms with Gasteiger partial charge in [-0.3, -0.25) is 0 Å². The third-order valence-electron chi connectivity index (χ3n) is 2.10. The number of benzene rings is 1. The van der Waals surface area contributed by atoms with Crippen molar-refractivity contribution in [3.8, 4) is 0 Å². The summed E-state index contributed by atoms with van der Waals surface area (Å²) in [5.41, 5.74) is 2.20. The minimum absolute atomic E-state index is 0.158. The minimum Gasteiger partial charge on any atom is -0.396 e. The van der Waals surface area contributed by atoms with E-state index in [1.165, 1.54) is 0 Å². The van der Waals surface area contributed by atoms with E-state index in [2.05, 4.69) is 22.5 Å². The first kappa shape index (κ1) is 10.5. The molecule has 1 aromatic carbocycles. The second kappa shape index (κ2) is 4.58. The largest absolute Gasteiger partial charge is 0.396 e. The van der Waals surface area contributed by atoms with Crippen LogP contribution >= 0.6 is 15.9 Å². The maximum Gasteiger partial charge on any atom is 0.0497 e. The SMILES string of the molecule is C=Cc1c(Br)cccc1C(C)CO. The molecule has 1 atom stereocenters. The van der Waals surface area contributed by atoms with Crippen LogP contribution in [0.5, 0.6) is 0 Å². The smallest absolute Gasteiger partial charge is 0.0497 e. The van der Waals surface area contributed by atoms with Crippen LogP contribution in [-0.2, 0) is 0 Å². The number of aliphatic hydroxyl groups is 1. The molecule has 0 aromatic heterocycles. The van der Waals surface area contributed by atoms with Crippen LogP contribution in [0.25, 0.3) is 6.08 Å². The molecule has 0 fully saturated rings. The quantitative estimate of drug-likeness (QED) is 0.861. The molecular weight excluding hydrogens is 228 g/mol. The Morgan fingerprint density at radius 2 is 2.31 bits per heavy atom. The van der Waals surface area contributed by atoms with Gasteiger partial charge in [-0.05, 0) is 17.2 Å². The zero-order valence-corrected chi connectivity index (χ0v) is 9.21. The highest BCUT2D eigenvalue weighted by atomic mass is 79.9. The van der Waals surface area contributed by atoms with Crippen LogP contribution in [0.4, 0.5) is 0 Å². The second-order valence-corrected chi connectivity index (χ2v) is 3.88. The lowest BCUT2D eigenvalue weighted by Gasteiger charge is -2.12. The van der Waals surface area contributed by atoms with Crippen molar-refractivity contribution in [1.29, 1.82) is 0 Å². The highest BCUT2D eigenvalue weighted by Crippen LogP contribution is 2.27. The monoisotopic (exact) mass is 240 g/mol. The van der Waals surface area contributed by atoms with Crippen molar-refractivity contribution in [2.24, 2.45) is 0 Å². The van der Waals surface area contributed by atoms with E-state index in [-0.39, 0.29) is 12.5 Å². The first-order valence-corrected chi connectivity index (χ1v) is 5.01. The topological polar surface area (TPSA) is 20.2 Å². The van der Waals surface area contributed by atoms with Crippen LogP contribution in [0.15, 0.2) is 29.3 Å². The number of rotatable bonds is 3. The van der Waals surface area contributed by atoms with Crippen molar-refractivity contribution in [1.82, 2.24) is 0 Å². The summed E-state index contributed by atoms with van der Waals surface area (Å²) in [4.78, 5) is 0. The predicted octanol–water partition coefficient (Wildman–Crippen LogP) is 3.19. The van der Waals surface area contributed by atoms with Crippen molar-refractivity contribution >= 4 is 22.0 Å². The molecule has 1 nitrogen and oxygen atoms in total. The molecule has 0 spiro atoms. The Morgan fingerprint density at radius 1 is 1.62 bits per heavy atom. The average molecular weight is 241 g/mol. The van der Waals surface area contributed by atoms with E-state index in [1.807, 2.05) is 31.2 Å². The van der Waals surface area contributed by atoms with Gasteiger partial charge in [-0.2, -0.15) is 0 Å². The first-order valence-electron chi connectivity index (χ1n) is 4.22. The highest BCUT2D eigenvalue weighted by molar-refractivity contribution is 9.10. The van der Waals surface area contributed by atoms with E-state index in [0.29, 0.717) is 0 Å². The number of hydrogen-bond acceptors (Lipinski definition) is 1. The van der Waals surface area contributed by atoms with Crippen molar-refractivity contribution in [2.75, 3.05) is 6.61 Å². The van der Waals surface area contributed by atoms with Gasteiger partial charge in [0.15, 0.2) is 0 Å². The molecule has 1 aromatic rings. The molecule has 1 N–H and O–H groups in total. The van der Waals surface area contributed by atoms with E-state index in [9.17, 15) is 0 Å². The number of halogens is 1. The molecule has 0 aliphatic heterocycles. The summed E-state index contributed by atoms with van der Waals surface area (Å²) >= 11 is 3.45. The first-order chi connectivity index (χ1) is 6.20. The van der Waals surface area contributed by atoms with E-state index < -0.39 is 0 Å². The molecule has 0 saturated heterocycles. The highest BCUT2D eigenvalue weighted by Gasteiger charge is 2.09. The Bertz CT molecular complexity index is 307. The van der Waals surface area contributed by atoms with Gasteiger partial charge in [0.2, 0.25) is 0 Å². The fourth-order valence-electron chi connectivity index (χ4n) is 1.30. The molecule has 0 saturated carbocycles. The van der Waals surface area contributed by atoms with Gasteiger partial charge in [0, 0.05) is 17.0 Å². The van der Waals surface area contributed by atoms with Gasteiger partial charge in [0.1, 0.15) is 0 Å². The van der Waals surface area contributed by atoms with Crippen molar-refractivity contribution in [2.45, 2.75) is 12.8 Å².